The first-order valence-corrected chi connectivity index (χ1v) is 11.4. The molecule has 0 N–H and O–H groups in total. The normalized spacial score (nSPS) is 11.2. The van der Waals surface area contributed by atoms with Crippen LogP contribution in [-0.2, 0) is 19.3 Å². The lowest BCUT2D eigenvalue weighted by molar-refractivity contribution is -0.137. The van der Waals surface area contributed by atoms with Gasteiger partial charge < -0.3 is 0 Å². The average Bonchev–Trinajstić information content (AvgIpc) is 2.76. The number of rotatable bonds is 12. The van der Waals surface area contributed by atoms with Crippen LogP contribution in [0.15, 0.2) is 48.5 Å². The van der Waals surface area contributed by atoms with Gasteiger partial charge in [0.05, 0.1) is 5.56 Å². The van der Waals surface area contributed by atoms with Gasteiger partial charge in [0.25, 0.3) is 0 Å². The lowest BCUT2D eigenvalue weighted by Gasteiger charge is -2.08. The quantitative estimate of drug-likeness (QED) is 0.241. The molecule has 4 heteroatoms. The van der Waals surface area contributed by atoms with E-state index < -0.39 is 11.7 Å². The van der Waals surface area contributed by atoms with Crippen molar-refractivity contribution in [3.63, 3.8) is 0 Å². The number of benzene rings is 2. The summed E-state index contributed by atoms with van der Waals surface area (Å²) in [5.74, 6) is 6.48. The number of unbranched alkanes of at least 4 members (excludes halogenated alkanes) is 8. The molecular formula is C27H33F3N. The maximum atomic E-state index is 12.6. The number of hydrogen-bond acceptors (Lipinski definition) is 0. The van der Waals surface area contributed by atoms with Gasteiger partial charge >= 0.3 is 6.18 Å². The predicted octanol–water partition coefficient (Wildman–Crippen LogP) is 7.89. The van der Waals surface area contributed by atoms with E-state index in [1.807, 2.05) is 24.3 Å². The van der Waals surface area contributed by atoms with E-state index in [1.54, 1.807) is 0 Å². The van der Waals surface area contributed by atoms with Crippen LogP contribution < -0.4 is 5.32 Å². The second-order valence-corrected chi connectivity index (χ2v) is 7.96. The van der Waals surface area contributed by atoms with Crippen molar-refractivity contribution >= 4 is 0 Å². The highest BCUT2D eigenvalue weighted by Crippen LogP contribution is 2.29. The van der Waals surface area contributed by atoms with E-state index in [0.29, 0.717) is 13.1 Å². The molecule has 0 aliphatic carbocycles. The Morgan fingerprint density at radius 1 is 0.710 bits per heavy atom. The van der Waals surface area contributed by atoms with Crippen LogP contribution in [0.25, 0.3) is 0 Å². The first-order chi connectivity index (χ1) is 15.0. The highest BCUT2D eigenvalue weighted by molar-refractivity contribution is 5.36. The molecular weight excluding hydrogens is 395 g/mol. The van der Waals surface area contributed by atoms with Gasteiger partial charge in [-0.3, -0.25) is 0 Å². The van der Waals surface area contributed by atoms with Gasteiger partial charge in [-0.25, -0.2) is 5.32 Å². The molecule has 0 bridgehead atoms. The summed E-state index contributed by atoms with van der Waals surface area (Å²) in [7, 11) is 0. The monoisotopic (exact) mass is 428 g/mol. The molecule has 167 valence electrons. The van der Waals surface area contributed by atoms with Crippen LogP contribution in [0.5, 0.6) is 0 Å². The van der Waals surface area contributed by atoms with Gasteiger partial charge in [-0.05, 0) is 41.8 Å². The smallest absolute Gasteiger partial charge is 0.232 e. The first kappa shape index (κ1) is 25.0. The first-order valence-electron chi connectivity index (χ1n) is 11.4. The molecule has 0 amide bonds. The van der Waals surface area contributed by atoms with Gasteiger partial charge in [0.2, 0.25) is 0 Å². The van der Waals surface area contributed by atoms with Gasteiger partial charge in [-0.1, -0.05) is 88.0 Å². The standard InChI is InChI=1S/C27H33F3N/c1-2-3-4-5-6-7-8-9-10-11-12-23-13-15-24(16-14-23)21-31-22-25-17-19-26(20-18-25)27(28,29)30/h13-20H,2-10,21-22H2,1H3. The summed E-state index contributed by atoms with van der Waals surface area (Å²) in [6, 6.07) is 13.2. The molecule has 2 aromatic carbocycles. The second-order valence-electron chi connectivity index (χ2n) is 7.96. The molecule has 0 fully saturated rings. The van der Waals surface area contributed by atoms with Crippen molar-refractivity contribution in [3.8, 4) is 11.8 Å². The van der Waals surface area contributed by atoms with Gasteiger partial charge in [-0.2, -0.15) is 13.2 Å². The minimum atomic E-state index is -4.30. The van der Waals surface area contributed by atoms with Crippen molar-refractivity contribution in [2.24, 2.45) is 0 Å². The van der Waals surface area contributed by atoms with E-state index in [2.05, 4.69) is 24.1 Å². The van der Waals surface area contributed by atoms with Crippen molar-refractivity contribution in [3.05, 3.63) is 70.8 Å². The van der Waals surface area contributed by atoms with Gasteiger partial charge in [0, 0.05) is 25.1 Å². The van der Waals surface area contributed by atoms with Crippen LogP contribution >= 0.6 is 0 Å². The van der Waals surface area contributed by atoms with E-state index in [-0.39, 0.29) is 0 Å². The lowest BCUT2D eigenvalue weighted by atomic mass is 10.1. The van der Waals surface area contributed by atoms with E-state index in [0.717, 1.165) is 35.2 Å². The van der Waals surface area contributed by atoms with Crippen molar-refractivity contribution in [1.29, 1.82) is 0 Å². The zero-order valence-electron chi connectivity index (χ0n) is 18.5. The van der Waals surface area contributed by atoms with Crippen LogP contribution in [0.2, 0.25) is 0 Å². The molecule has 0 saturated carbocycles. The van der Waals surface area contributed by atoms with Crippen molar-refractivity contribution in [2.45, 2.75) is 84.0 Å². The molecule has 0 heterocycles. The van der Waals surface area contributed by atoms with Crippen molar-refractivity contribution < 1.29 is 13.2 Å². The number of hydrogen-bond donors (Lipinski definition) is 0. The summed E-state index contributed by atoms with van der Waals surface area (Å²) in [5, 5.41) is 4.44. The zero-order chi connectivity index (χ0) is 22.4. The maximum absolute atomic E-state index is 12.6. The van der Waals surface area contributed by atoms with E-state index >= 15 is 0 Å². The summed E-state index contributed by atoms with van der Waals surface area (Å²) in [5.41, 5.74) is 2.22. The molecule has 1 nitrogen and oxygen atoms in total. The van der Waals surface area contributed by atoms with E-state index in [4.69, 9.17) is 0 Å². The van der Waals surface area contributed by atoms with Gasteiger partial charge in [0.1, 0.15) is 0 Å². The molecule has 0 aliphatic heterocycles. The predicted molar refractivity (Wildman–Crippen MR) is 122 cm³/mol. The maximum Gasteiger partial charge on any atom is 0.416 e. The summed E-state index contributed by atoms with van der Waals surface area (Å²) < 4.78 is 37.8. The molecule has 2 rings (SSSR count). The van der Waals surface area contributed by atoms with E-state index in [9.17, 15) is 13.2 Å². The number of halogens is 3. The fraction of sp³-hybridized carbons (Fsp3) is 0.481. The Hall–Kier alpha value is -2.25. The average molecular weight is 429 g/mol. The zero-order valence-corrected chi connectivity index (χ0v) is 18.5. The number of nitrogens with zero attached hydrogens (tertiary/aromatic N) is 1. The molecule has 0 spiro atoms. The molecule has 0 unspecified atom stereocenters. The third-order valence-electron chi connectivity index (χ3n) is 5.21. The van der Waals surface area contributed by atoms with Crippen LogP contribution in [-0.4, -0.2) is 0 Å². The minimum absolute atomic E-state index is 0.401. The molecule has 0 aromatic heterocycles. The molecule has 31 heavy (non-hydrogen) atoms. The summed E-state index contributed by atoms with van der Waals surface area (Å²) in [6.07, 6.45) is 7.13. The van der Waals surface area contributed by atoms with Crippen molar-refractivity contribution in [2.75, 3.05) is 0 Å². The summed E-state index contributed by atoms with van der Waals surface area (Å²) >= 11 is 0. The topological polar surface area (TPSA) is 14.1 Å². The fourth-order valence-corrected chi connectivity index (χ4v) is 3.32. The Morgan fingerprint density at radius 2 is 1.23 bits per heavy atom. The molecule has 0 atom stereocenters. The van der Waals surface area contributed by atoms with Crippen molar-refractivity contribution in [1.82, 2.24) is 5.32 Å². The highest BCUT2D eigenvalue weighted by atomic mass is 19.4. The number of alkyl halides is 3. The summed E-state index contributed by atoms with van der Waals surface area (Å²) in [6.45, 7) is 3.18. The van der Waals surface area contributed by atoms with Crippen LogP contribution in [0, 0.1) is 11.8 Å². The van der Waals surface area contributed by atoms with Gasteiger partial charge in [-0.15, -0.1) is 0 Å². The van der Waals surface area contributed by atoms with E-state index in [1.165, 1.54) is 63.5 Å². The van der Waals surface area contributed by atoms with Crippen LogP contribution in [0.4, 0.5) is 13.2 Å². The summed E-state index contributed by atoms with van der Waals surface area (Å²) in [4.78, 5) is 0. The Bertz CT molecular complexity index is 796. The molecule has 1 radical (unpaired) electrons. The SMILES string of the molecule is CCCCCCCCCCC#Cc1ccc(C[N]Cc2ccc(C(F)(F)F)cc2)cc1. The Balaban J connectivity index is 1.62. The third kappa shape index (κ3) is 10.6. The Kier molecular flexibility index (Phi) is 11.2. The largest absolute Gasteiger partial charge is 0.416 e. The molecule has 0 aliphatic rings. The highest BCUT2D eigenvalue weighted by Gasteiger charge is 2.29. The van der Waals surface area contributed by atoms with Crippen LogP contribution in [0.1, 0.15) is 87.0 Å². The second kappa shape index (κ2) is 13.9. The molecule has 0 saturated heterocycles. The molecule has 2 aromatic rings. The Labute approximate surface area is 185 Å². The van der Waals surface area contributed by atoms with Gasteiger partial charge in [0.15, 0.2) is 0 Å². The Morgan fingerprint density at radius 3 is 1.77 bits per heavy atom. The van der Waals surface area contributed by atoms with Crippen LogP contribution in [0.3, 0.4) is 0 Å². The minimum Gasteiger partial charge on any atom is -0.232 e. The third-order valence-corrected chi connectivity index (χ3v) is 5.21. The lowest BCUT2D eigenvalue weighted by Crippen LogP contribution is -2.07. The fourth-order valence-electron chi connectivity index (χ4n) is 3.32.